The third kappa shape index (κ3) is 1.16. The molecule has 1 fully saturated rings. The molecule has 0 spiro atoms. The van der Waals surface area contributed by atoms with Gasteiger partial charge in [0.1, 0.15) is 0 Å². The summed E-state index contributed by atoms with van der Waals surface area (Å²) in [6.45, 7) is 0. The van der Waals surface area contributed by atoms with Crippen LogP contribution in [0.5, 0.6) is 0 Å². The summed E-state index contributed by atoms with van der Waals surface area (Å²) < 4.78 is 1.98. The van der Waals surface area contributed by atoms with Crippen LogP contribution in [0.4, 0.5) is 0 Å². The van der Waals surface area contributed by atoms with Crippen LogP contribution < -0.4 is 5.73 Å². The second-order valence-corrected chi connectivity index (χ2v) is 3.15. The lowest BCUT2D eigenvalue weighted by Gasteiger charge is -2.15. The molecule has 3 nitrogen and oxygen atoms in total. The van der Waals surface area contributed by atoms with Crippen molar-refractivity contribution in [2.45, 2.75) is 31.3 Å². The first-order valence-corrected chi connectivity index (χ1v) is 4.12. The van der Waals surface area contributed by atoms with Crippen molar-refractivity contribution in [2.75, 3.05) is 0 Å². The molecule has 1 heterocycles. The van der Waals surface area contributed by atoms with Gasteiger partial charge in [-0.05, 0) is 25.3 Å². The van der Waals surface area contributed by atoms with E-state index in [1.54, 1.807) is 0 Å². The zero-order valence-corrected chi connectivity index (χ0v) is 6.48. The van der Waals surface area contributed by atoms with Gasteiger partial charge in [-0.1, -0.05) is 0 Å². The fraction of sp³-hybridized carbons (Fsp3) is 0.625. The van der Waals surface area contributed by atoms with E-state index >= 15 is 0 Å². The van der Waals surface area contributed by atoms with Gasteiger partial charge in [-0.15, -0.1) is 0 Å². The van der Waals surface area contributed by atoms with Crippen LogP contribution in [-0.4, -0.2) is 15.8 Å². The Kier molecular flexibility index (Phi) is 1.66. The van der Waals surface area contributed by atoms with Crippen LogP contribution >= 0.6 is 0 Å². The Bertz CT molecular complexity index is 217. The molecule has 2 atom stereocenters. The lowest BCUT2D eigenvalue weighted by molar-refractivity contribution is 0.422. The summed E-state index contributed by atoms with van der Waals surface area (Å²) in [6, 6.07) is 2.71. The summed E-state index contributed by atoms with van der Waals surface area (Å²) in [6.07, 6.45) is 7.37. The van der Waals surface area contributed by atoms with E-state index in [0.29, 0.717) is 12.1 Å². The van der Waals surface area contributed by atoms with Gasteiger partial charge >= 0.3 is 0 Å². The number of nitrogens with zero attached hydrogens (tertiary/aromatic N) is 2. The Morgan fingerprint density at radius 1 is 1.45 bits per heavy atom. The first-order valence-electron chi connectivity index (χ1n) is 4.12. The van der Waals surface area contributed by atoms with E-state index in [9.17, 15) is 0 Å². The minimum absolute atomic E-state index is 0.315. The maximum absolute atomic E-state index is 5.91. The molecular weight excluding hydrogens is 138 g/mol. The number of hydrogen-bond donors (Lipinski definition) is 1. The highest BCUT2D eigenvalue weighted by Gasteiger charge is 2.25. The maximum Gasteiger partial charge on any atom is 0.0670 e. The summed E-state index contributed by atoms with van der Waals surface area (Å²) in [5, 5.41) is 4.19. The Morgan fingerprint density at radius 2 is 2.36 bits per heavy atom. The van der Waals surface area contributed by atoms with E-state index in [-0.39, 0.29) is 0 Å². The van der Waals surface area contributed by atoms with Crippen LogP contribution in [0.3, 0.4) is 0 Å². The number of rotatable bonds is 1. The van der Waals surface area contributed by atoms with Gasteiger partial charge < -0.3 is 5.73 Å². The molecule has 1 saturated carbocycles. The molecule has 2 rings (SSSR count). The smallest absolute Gasteiger partial charge is 0.0670 e. The van der Waals surface area contributed by atoms with Gasteiger partial charge in [0.25, 0.3) is 0 Å². The molecule has 60 valence electrons. The van der Waals surface area contributed by atoms with Crippen LogP contribution in [0.25, 0.3) is 0 Å². The van der Waals surface area contributed by atoms with Gasteiger partial charge in [-0.2, -0.15) is 5.10 Å². The Balaban J connectivity index is 2.16. The Morgan fingerprint density at radius 3 is 2.91 bits per heavy atom. The highest BCUT2D eigenvalue weighted by molar-refractivity contribution is 4.89. The molecule has 0 unspecified atom stereocenters. The Labute approximate surface area is 66.2 Å². The SMILES string of the molecule is N[C@H]1CCC[C@@H]1n1cccn1. The highest BCUT2D eigenvalue weighted by atomic mass is 15.3. The van der Waals surface area contributed by atoms with Crippen molar-refractivity contribution in [1.29, 1.82) is 0 Å². The second-order valence-electron chi connectivity index (χ2n) is 3.15. The summed E-state index contributed by atoms with van der Waals surface area (Å²) in [5.41, 5.74) is 5.91. The third-order valence-electron chi connectivity index (χ3n) is 2.40. The summed E-state index contributed by atoms with van der Waals surface area (Å²) in [5.74, 6) is 0. The molecule has 11 heavy (non-hydrogen) atoms. The monoisotopic (exact) mass is 151 g/mol. The second kappa shape index (κ2) is 2.66. The van der Waals surface area contributed by atoms with Gasteiger partial charge in [0.2, 0.25) is 0 Å². The van der Waals surface area contributed by atoms with Crippen molar-refractivity contribution < 1.29 is 0 Å². The van der Waals surface area contributed by atoms with Crippen LogP contribution in [0, 0.1) is 0 Å². The van der Waals surface area contributed by atoms with E-state index in [1.165, 1.54) is 12.8 Å². The van der Waals surface area contributed by atoms with Gasteiger partial charge in [-0.25, -0.2) is 0 Å². The molecule has 0 radical (unpaired) electrons. The molecule has 0 bridgehead atoms. The summed E-state index contributed by atoms with van der Waals surface area (Å²) in [7, 11) is 0. The summed E-state index contributed by atoms with van der Waals surface area (Å²) >= 11 is 0. The molecule has 1 aliphatic rings. The van der Waals surface area contributed by atoms with Crippen LogP contribution in [-0.2, 0) is 0 Å². The number of aromatic nitrogens is 2. The normalized spacial score (nSPS) is 31.0. The third-order valence-corrected chi connectivity index (χ3v) is 2.40. The number of nitrogens with two attached hydrogens (primary N) is 1. The minimum atomic E-state index is 0.315. The molecule has 0 saturated heterocycles. The maximum atomic E-state index is 5.91. The standard InChI is InChI=1S/C8H13N3/c9-7-3-1-4-8(7)11-6-2-5-10-11/h2,5-8H,1,3-4,9H2/t7-,8-/m0/s1. The molecule has 1 aromatic rings. The van der Waals surface area contributed by atoms with E-state index in [1.807, 2.05) is 23.1 Å². The van der Waals surface area contributed by atoms with Crippen LogP contribution in [0.2, 0.25) is 0 Å². The highest BCUT2D eigenvalue weighted by Crippen LogP contribution is 2.27. The van der Waals surface area contributed by atoms with Gasteiger partial charge in [0.15, 0.2) is 0 Å². The molecule has 1 aromatic heterocycles. The molecule has 0 aromatic carbocycles. The van der Waals surface area contributed by atoms with Gasteiger partial charge in [-0.3, -0.25) is 4.68 Å². The lowest BCUT2D eigenvalue weighted by atomic mass is 10.2. The molecule has 2 N–H and O–H groups in total. The van der Waals surface area contributed by atoms with Crippen molar-refractivity contribution in [3.8, 4) is 0 Å². The first-order chi connectivity index (χ1) is 5.38. The predicted molar refractivity (Wildman–Crippen MR) is 43.1 cm³/mol. The molecule has 0 aliphatic heterocycles. The van der Waals surface area contributed by atoms with E-state index in [0.717, 1.165) is 6.42 Å². The molecule has 3 heteroatoms. The van der Waals surface area contributed by atoms with E-state index in [2.05, 4.69) is 5.10 Å². The van der Waals surface area contributed by atoms with Crippen molar-refractivity contribution in [2.24, 2.45) is 5.73 Å². The average Bonchev–Trinajstić information content (AvgIpc) is 2.55. The molecule has 1 aliphatic carbocycles. The fourth-order valence-electron chi connectivity index (χ4n) is 1.77. The molecular formula is C8H13N3. The zero-order valence-electron chi connectivity index (χ0n) is 6.48. The van der Waals surface area contributed by atoms with Crippen LogP contribution in [0.15, 0.2) is 18.5 Å². The van der Waals surface area contributed by atoms with Crippen molar-refractivity contribution in [1.82, 2.24) is 9.78 Å². The topological polar surface area (TPSA) is 43.8 Å². The first kappa shape index (κ1) is 6.85. The van der Waals surface area contributed by atoms with Crippen molar-refractivity contribution in [3.05, 3.63) is 18.5 Å². The molecule has 0 amide bonds. The van der Waals surface area contributed by atoms with Gasteiger partial charge in [0.05, 0.1) is 6.04 Å². The van der Waals surface area contributed by atoms with Crippen molar-refractivity contribution in [3.63, 3.8) is 0 Å². The van der Waals surface area contributed by atoms with Crippen molar-refractivity contribution >= 4 is 0 Å². The minimum Gasteiger partial charge on any atom is -0.326 e. The Hall–Kier alpha value is -0.830. The van der Waals surface area contributed by atoms with Gasteiger partial charge in [0, 0.05) is 18.4 Å². The predicted octanol–water partition coefficient (Wildman–Crippen LogP) is 0.935. The quantitative estimate of drug-likeness (QED) is 0.649. The number of hydrogen-bond acceptors (Lipinski definition) is 2. The van der Waals surface area contributed by atoms with Crippen LogP contribution in [0.1, 0.15) is 25.3 Å². The summed E-state index contributed by atoms with van der Waals surface area (Å²) in [4.78, 5) is 0. The zero-order chi connectivity index (χ0) is 7.68. The largest absolute Gasteiger partial charge is 0.326 e. The van der Waals surface area contributed by atoms with E-state index in [4.69, 9.17) is 5.73 Å². The average molecular weight is 151 g/mol. The fourth-order valence-corrected chi connectivity index (χ4v) is 1.77. The lowest BCUT2D eigenvalue weighted by Crippen LogP contribution is -2.27. The van der Waals surface area contributed by atoms with E-state index < -0.39 is 0 Å².